The number of fused-ring (bicyclic) bond motifs is 12. The highest BCUT2D eigenvalue weighted by atomic mass is 16.3. The number of benzene rings is 7. The lowest BCUT2D eigenvalue weighted by Gasteiger charge is -2.10. The molecule has 5 aromatic heterocycles. The molecule has 12 aromatic rings. The highest BCUT2D eigenvalue weighted by molar-refractivity contribution is 6.24. The second-order valence-corrected chi connectivity index (χ2v) is 13.4. The molecule has 0 aliphatic rings. The smallest absolute Gasteiger partial charge is 0.246 e. The Morgan fingerprint density at radius 1 is 0.451 bits per heavy atom. The molecule has 0 fully saturated rings. The lowest BCUT2D eigenvalue weighted by molar-refractivity contribution is 0.653. The van der Waals surface area contributed by atoms with Gasteiger partial charge >= 0.3 is 0 Å². The molecule has 0 unspecified atom stereocenters. The van der Waals surface area contributed by atoms with Gasteiger partial charge in [0.15, 0.2) is 0 Å². The largest absolute Gasteiger partial charge is 0.436 e. The van der Waals surface area contributed by atoms with Gasteiger partial charge < -0.3 is 13.4 Å². The zero-order valence-electron chi connectivity index (χ0n) is 27.2. The van der Waals surface area contributed by atoms with Crippen molar-refractivity contribution in [3.8, 4) is 28.1 Å². The van der Waals surface area contributed by atoms with Crippen molar-refractivity contribution in [1.82, 2.24) is 18.9 Å². The number of hydrogen-bond acceptors (Lipinski definition) is 3. The van der Waals surface area contributed by atoms with Gasteiger partial charge in [-0.25, -0.2) is 9.97 Å². The van der Waals surface area contributed by atoms with Crippen molar-refractivity contribution in [1.29, 1.82) is 0 Å². The van der Waals surface area contributed by atoms with E-state index in [2.05, 4.69) is 141 Å². The summed E-state index contributed by atoms with van der Waals surface area (Å²) in [6, 6.07) is 54.5. The van der Waals surface area contributed by atoms with Crippen molar-refractivity contribution in [2.75, 3.05) is 0 Å². The number of hydrogen-bond donors (Lipinski definition) is 0. The summed E-state index contributed by atoms with van der Waals surface area (Å²) in [6.45, 7) is 0. The number of aromatic nitrogens is 4. The summed E-state index contributed by atoms with van der Waals surface area (Å²) in [5.41, 5.74) is 13.6. The monoisotopic (exact) mass is 650 g/mol. The van der Waals surface area contributed by atoms with E-state index in [1.165, 1.54) is 60.0 Å². The molecule has 0 amide bonds. The van der Waals surface area contributed by atoms with Crippen LogP contribution in [0.3, 0.4) is 0 Å². The Morgan fingerprint density at radius 2 is 1.08 bits per heavy atom. The van der Waals surface area contributed by atoms with Gasteiger partial charge in [0.25, 0.3) is 0 Å². The summed E-state index contributed by atoms with van der Waals surface area (Å²) in [4.78, 5) is 9.68. The normalized spacial score (nSPS) is 12.3. The van der Waals surface area contributed by atoms with Crippen LogP contribution in [0.4, 0.5) is 0 Å². The molecule has 5 nitrogen and oxygen atoms in total. The molecular formula is C46H26N4O. The molecule has 236 valence electrons. The molecule has 0 atom stereocenters. The van der Waals surface area contributed by atoms with Crippen molar-refractivity contribution in [2.45, 2.75) is 0 Å². The Hall–Kier alpha value is -6.98. The van der Waals surface area contributed by atoms with E-state index in [4.69, 9.17) is 9.40 Å². The Morgan fingerprint density at radius 3 is 1.84 bits per heavy atom. The van der Waals surface area contributed by atoms with Gasteiger partial charge in [-0.2, -0.15) is 0 Å². The fraction of sp³-hybridized carbons (Fsp3) is 0. The Labute approximate surface area is 290 Å². The zero-order chi connectivity index (χ0) is 33.2. The van der Waals surface area contributed by atoms with Gasteiger partial charge in [0.05, 0.1) is 39.5 Å². The standard InChI is InChI=1S/C46H26N4O/c1-5-16-39-31(12-1)35-23-27(29-24-36-32-13-2-6-17-40(32)50-41-18-7-3-14-33(41)37(25-29)45(36)50)20-21-42(35)49(39)30-11-9-10-28(22-30)38-26-47-46-44(48-38)34-15-4-8-19-43(34)51-46/h1-26H. The number of rotatable bonds is 3. The van der Waals surface area contributed by atoms with Crippen LogP contribution in [-0.4, -0.2) is 18.9 Å². The predicted molar refractivity (Wildman–Crippen MR) is 209 cm³/mol. The van der Waals surface area contributed by atoms with E-state index >= 15 is 0 Å². The van der Waals surface area contributed by atoms with Crippen molar-refractivity contribution in [3.05, 3.63) is 158 Å². The van der Waals surface area contributed by atoms with Gasteiger partial charge in [-0.3, -0.25) is 0 Å². The van der Waals surface area contributed by atoms with E-state index in [0.717, 1.165) is 44.5 Å². The van der Waals surface area contributed by atoms with Crippen molar-refractivity contribution in [3.63, 3.8) is 0 Å². The van der Waals surface area contributed by atoms with E-state index in [1.54, 1.807) is 6.20 Å². The van der Waals surface area contributed by atoms with Crippen LogP contribution in [0.5, 0.6) is 0 Å². The minimum atomic E-state index is 0.553. The minimum absolute atomic E-state index is 0.553. The van der Waals surface area contributed by atoms with Gasteiger partial charge in [-0.1, -0.05) is 84.9 Å². The third kappa shape index (κ3) is 3.64. The summed E-state index contributed by atoms with van der Waals surface area (Å²) in [5, 5.41) is 8.56. The first-order chi connectivity index (χ1) is 25.3. The van der Waals surface area contributed by atoms with Crippen LogP contribution in [0.1, 0.15) is 0 Å². The summed E-state index contributed by atoms with van der Waals surface area (Å²) >= 11 is 0. The van der Waals surface area contributed by atoms with Crippen molar-refractivity contribution in [2.24, 2.45) is 0 Å². The van der Waals surface area contributed by atoms with E-state index in [9.17, 15) is 0 Å². The van der Waals surface area contributed by atoms with Gasteiger partial charge in [0, 0.05) is 49.0 Å². The molecule has 12 rings (SSSR count). The zero-order valence-corrected chi connectivity index (χ0v) is 27.2. The fourth-order valence-electron chi connectivity index (χ4n) is 8.47. The Balaban J connectivity index is 1.05. The molecule has 0 saturated heterocycles. The van der Waals surface area contributed by atoms with Crippen LogP contribution in [0.25, 0.3) is 110 Å². The predicted octanol–water partition coefficient (Wildman–Crippen LogP) is 12.0. The molecule has 0 aliphatic carbocycles. The summed E-state index contributed by atoms with van der Waals surface area (Å²) in [7, 11) is 0. The van der Waals surface area contributed by atoms with Crippen LogP contribution >= 0.6 is 0 Å². The lowest BCUT2D eigenvalue weighted by atomic mass is 9.98. The topological polar surface area (TPSA) is 48.3 Å². The maximum atomic E-state index is 5.95. The molecule has 51 heavy (non-hydrogen) atoms. The highest BCUT2D eigenvalue weighted by Crippen LogP contribution is 2.43. The molecule has 0 spiro atoms. The van der Waals surface area contributed by atoms with Crippen LogP contribution < -0.4 is 0 Å². The second-order valence-electron chi connectivity index (χ2n) is 13.4. The van der Waals surface area contributed by atoms with Gasteiger partial charge in [0.2, 0.25) is 5.71 Å². The molecule has 0 radical (unpaired) electrons. The lowest BCUT2D eigenvalue weighted by Crippen LogP contribution is -1.95. The molecule has 0 saturated carbocycles. The minimum Gasteiger partial charge on any atom is -0.436 e. The fourth-order valence-corrected chi connectivity index (χ4v) is 8.47. The quantitative estimate of drug-likeness (QED) is 0.191. The average Bonchev–Trinajstić information content (AvgIpc) is 3.93. The number of nitrogens with zero attached hydrogens (tertiary/aromatic N) is 4. The van der Waals surface area contributed by atoms with Crippen LogP contribution in [0.15, 0.2) is 162 Å². The van der Waals surface area contributed by atoms with Crippen molar-refractivity contribution >= 4 is 82.1 Å². The Bertz CT molecular complexity index is 3300. The van der Waals surface area contributed by atoms with Crippen molar-refractivity contribution < 1.29 is 4.42 Å². The maximum Gasteiger partial charge on any atom is 0.246 e. The summed E-state index contributed by atoms with van der Waals surface area (Å²) in [5.74, 6) is 0. The molecule has 0 aliphatic heterocycles. The third-order valence-electron chi connectivity index (χ3n) is 10.7. The van der Waals surface area contributed by atoms with E-state index in [0.29, 0.717) is 5.71 Å². The van der Waals surface area contributed by atoms with Crippen LogP contribution in [0, 0.1) is 0 Å². The molecule has 5 heteroatoms. The summed E-state index contributed by atoms with van der Waals surface area (Å²) in [6.07, 6.45) is 1.81. The second kappa shape index (κ2) is 9.80. The van der Waals surface area contributed by atoms with Gasteiger partial charge in [-0.05, 0) is 77.9 Å². The molecule has 0 bridgehead atoms. The summed E-state index contributed by atoms with van der Waals surface area (Å²) < 4.78 is 10.8. The first kappa shape index (κ1) is 26.9. The third-order valence-corrected chi connectivity index (χ3v) is 10.7. The highest BCUT2D eigenvalue weighted by Gasteiger charge is 2.20. The molecular weight excluding hydrogens is 625 g/mol. The van der Waals surface area contributed by atoms with E-state index in [1.807, 2.05) is 24.3 Å². The first-order valence-electron chi connectivity index (χ1n) is 17.2. The van der Waals surface area contributed by atoms with Gasteiger partial charge in [0.1, 0.15) is 11.1 Å². The first-order valence-corrected chi connectivity index (χ1v) is 17.2. The van der Waals surface area contributed by atoms with E-state index < -0.39 is 0 Å². The van der Waals surface area contributed by atoms with E-state index in [-0.39, 0.29) is 0 Å². The maximum absolute atomic E-state index is 5.95. The number of para-hydroxylation sites is 4. The SMILES string of the molecule is c1cc(-c2cnc3oc4ccccc4c3n2)cc(-n2c3ccccc3c3cc(-c4cc5c6ccccc6n6c7ccccc7c(c4)c56)ccc32)c1. The van der Waals surface area contributed by atoms with Gasteiger partial charge in [-0.15, -0.1) is 0 Å². The molecule has 7 aromatic carbocycles. The molecule has 5 heterocycles. The van der Waals surface area contributed by atoms with Crippen LogP contribution in [-0.2, 0) is 0 Å². The average molecular weight is 651 g/mol. The van der Waals surface area contributed by atoms with Crippen LogP contribution in [0.2, 0.25) is 0 Å². The molecule has 0 N–H and O–H groups in total. The Kier molecular flexibility index (Phi) is 5.17. The number of furan rings is 1.